The molecule has 1 rings (SSSR count). The minimum atomic E-state index is -4.43. The van der Waals surface area contributed by atoms with Crippen LogP contribution in [0.15, 0.2) is 24.3 Å². The molecule has 0 amide bonds. The third-order valence-corrected chi connectivity index (χ3v) is 2.34. The van der Waals surface area contributed by atoms with Crippen LogP contribution in [0.2, 0.25) is 0 Å². The van der Waals surface area contributed by atoms with Gasteiger partial charge >= 0.3 is 6.18 Å². The van der Waals surface area contributed by atoms with Crippen molar-refractivity contribution in [2.24, 2.45) is 5.73 Å². The van der Waals surface area contributed by atoms with Gasteiger partial charge in [-0.15, -0.1) is 0 Å². The maximum Gasteiger partial charge on any atom is 0.407 e. The summed E-state index contributed by atoms with van der Waals surface area (Å²) in [4.78, 5) is 0. The first-order valence-electron chi connectivity index (χ1n) is 5.50. The first kappa shape index (κ1) is 13.8. The predicted octanol–water partition coefficient (Wildman–Crippen LogP) is 3.43. The first-order valence-corrected chi connectivity index (χ1v) is 5.50. The van der Waals surface area contributed by atoms with E-state index in [1.54, 1.807) is 6.07 Å². The molecule has 5 heteroatoms. The summed E-state index contributed by atoms with van der Waals surface area (Å²) < 4.78 is 42.5. The fourth-order valence-electron chi connectivity index (χ4n) is 1.32. The van der Waals surface area contributed by atoms with Gasteiger partial charge in [0.2, 0.25) is 0 Å². The molecule has 2 N–H and O–H groups in total. The normalized spacial score (nSPS) is 13.5. The molecule has 0 fully saturated rings. The van der Waals surface area contributed by atoms with Crippen LogP contribution in [0.5, 0.6) is 5.75 Å². The minimum Gasteiger partial charge on any atom is -0.494 e. The minimum absolute atomic E-state index is 0.0199. The van der Waals surface area contributed by atoms with Crippen LogP contribution in [0.1, 0.15) is 31.4 Å². The quantitative estimate of drug-likeness (QED) is 0.809. The standard InChI is InChI=1S/C12H16F3NO/c1-2-3-7-17-10-6-4-5-9(8-10)11(16)12(13,14)15/h4-6,8,11H,2-3,7,16H2,1H3/t11-/m0/s1. The highest BCUT2D eigenvalue weighted by Crippen LogP contribution is 2.31. The average molecular weight is 247 g/mol. The van der Waals surface area contributed by atoms with E-state index in [2.05, 4.69) is 0 Å². The Bertz CT molecular complexity index is 352. The van der Waals surface area contributed by atoms with E-state index >= 15 is 0 Å². The van der Waals surface area contributed by atoms with E-state index in [1.165, 1.54) is 18.2 Å². The molecule has 0 saturated heterocycles. The largest absolute Gasteiger partial charge is 0.494 e. The number of rotatable bonds is 5. The summed E-state index contributed by atoms with van der Waals surface area (Å²) in [6, 6.07) is 3.88. The van der Waals surface area contributed by atoms with Gasteiger partial charge in [-0.2, -0.15) is 13.2 Å². The van der Waals surface area contributed by atoms with E-state index in [9.17, 15) is 13.2 Å². The molecule has 0 saturated carbocycles. The van der Waals surface area contributed by atoms with E-state index in [-0.39, 0.29) is 5.56 Å². The van der Waals surface area contributed by atoms with Crippen molar-refractivity contribution in [3.8, 4) is 5.75 Å². The van der Waals surface area contributed by atoms with Gasteiger partial charge in [0.15, 0.2) is 0 Å². The van der Waals surface area contributed by atoms with E-state index in [4.69, 9.17) is 10.5 Å². The van der Waals surface area contributed by atoms with E-state index in [0.717, 1.165) is 12.8 Å². The third-order valence-electron chi connectivity index (χ3n) is 2.34. The number of nitrogens with two attached hydrogens (primary N) is 1. The van der Waals surface area contributed by atoms with Crippen molar-refractivity contribution in [1.82, 2.24) is 0 Å². The van der Waals surface area contributed by atoms with Crippen molar-refractivity contribution in [3.63, 3.8) is 0 Å². The summed E-state index contributed by atoms with van der Waals surface area (Å²) in [6.45, 7) is 2.51. The Morgan fingerprint density at radius 3 is 2.65 bits per heavy atom. The Morgan fingerprint density at radius 2 is 2.06 bits per heavy atom. The van der Waals surface area contributed by atoms with E-state index in [0.29, 0.717) is 12.4 Å². The molecule has 1 aromatic rings. The highest BCUT2D eigenvalue weighted by Gasteiger charge is 2.37. The van der Waals surface area contributed by atoms with Gasteiger partial charge in [-0.3, -0.25) is 0 Å². The smallest absolute Gasteiger partial charge is 0.407 e. The lowest BCUT2D eigenvalue weighted by Crippen LogP contribution is -2.28. The van der Waals surface area contributed by atoms with E-state index in [1.807, 2.05) is 6.92 Å². The highest BCUT2D eigenvalue weighted by molar-refractivity contribution is 5.31. The molecule has 1 atom stereocenters. The van der Waals surface area contributed by atoms with Crippen LogP contribution < -0.4 is 10.5 Å². The summed E-state index contributed by atoms with van der Waals surface area (Å²) >= 11 is 0. The molecule has 0 spiro atoms. The fourth-order valence-corrected chi connectivity index (χ4v) is 1.32. The molecule has 17 heavy (non-hydrogen) atoms. The SMILES string of the molecule is CCCCOc1cccc([C@H](N)C(F)(F)F)c1. The summed E-state index contributed by atoms with van der Waals surface area (Å²) in [5, 5.41) is 0. The molecular weight excluding hydrogens is 231 g/mol. The molecule has 0 aliphatic rings. The molecule has 2 nitrogen and oxygen atoms in total. The zero-order valence-corrected chi connectivity index (χ0v) is 9.63. The van der Waals surface area contributed by atoms with Gasteiger partial charge in [-0.1, -0.05) is 25.5 Å². The van der Waals surface area contributed by atoms with Gasteiger partial charge in [0.05, 0.1) is 6.61 Å². The number of hydrogen-bond acceptors (Lipinski definition) is 2. The van der Waals surface area contributed by atoms with Crippen LogP contribution in [0.4, 0.5) is 13.2 Å². The number of halogens is 3. The zero-order valence-electron chi connectivity index (χ0n) is 9.63. The Kier molecular flexibility index (Phi) is 4.81. The maximum absolute atomic E-state index is 12.4. The summed E-state index contributed by atoms with van der Waals surface area (Å²) in [7, 11) is 0. The monoisotopic (exact) mass is 247 g/mol. The van der Waals surface area contributed by atoms with Gasteiger partial charge in [-0.25, -0.2) is 0 Å². The van der Waals surface area contributed by atoms with Gasteiger partial charge in [0.25, 0.3) is 0 Å². The molecule has 0 aliphatic carbocycles. The Balaban J connectivity index is 2.72. The molecule has 0 aliphatic heterocycles. The number of benzene rings is 1. The Labute approximate surface area is 98.6 Å². The van der Waals surface area contributed by atoms with Crippen molar-refractivity contribution in [1.29, 1.82) is 0 Å². The lowest BCUT2D eigenvalue weighted by molar-refractivity contribution is -0.149. The van der Waals surface area contributed by atoms with Crippen LogP contribution >= 0.6 is 0 Å². The van der Waals surface area contributed by atoms with Crippen LogP contribution in [0, 0.1) is 0 Å². The molecule has 0 aromatic heterocycles. The predicted molar refractivity (Wildman–Crippen MR) is 59.8 cm³/mol. The molecule has 0 bridgehead atoms. The number of unbranched alkanes of at least 4 members (excludes halogenated alkanes) is 1. The summed E-state index contributed by atoms with van der Waals surface area (Å²) in [5.74, 6) is 0.427. The van der Waals surface area contributed by atoms with Crippen LogP contribution in [0.3, 0.4) is 0 Å². The molecule has 0 unspecified atom stereocenters. The molecule has 0 heterocycles. The van der Waals surface area contributed by atoms with Gasteiger partial charge in [0, 0.05) is 0 Å². The third kappa shape index (κ3) is 4.26. The lowest BCUT2D eigenvalue weighted by atomic mass is 10.1. The van der Waals surface area contributed by atoms with Crippen LogP contribution in [0.25, 0.3) is 0 Å². The second-order valence-corrected chi connectivity index (χ2v) is 3.79. The van der Waals surface area contributed by atoms with Crippen LogP contribution in [-0.2, 0) is 0 Å². The maximum atomic E-state index is 12.4. The Morgan fingerprint density at radius 1 is 1.35 bits per heavy atom. The highest BCUT2D eigenvalue weighted by atomic mass is 19.4. The average Bonchev–Trinajstić information content (AvgIpc) is 2.28. The van der Waals surface area contributed by atoms with Gasteiger partial charge < -0.3 is 10.5 Å². The molecule has 1 aromatic carbocycles. The zero-order chi connectivity index (χ0) is 12.9. The lowest BCUT2D eigenvalue weighted by Gasteiger charge is -2.16. The topological polar surface area (TPSA) is 35.2 Å². The van der Waals surface area contributed by atoms with E-state index < -0.39 is 12.2 Å². The van der Waals surface area contributed by atoms with Crippen molar-refractivity contribution in [2.75, 3.05) is 6.61 Å². The molecule has 96 valence electrons. The number of alkyl halides is 3. The second kappa shape index (κ2) is 5.91. The molecular formula is C12H16F3NO. The van der Waals surface area contributed by atoms with Gasteiger partial charge in [-0.05, 0) is 24.1 Å². The van der Waals surface area contributed by atoms with Crippen molar-refractivity contribution in [3.05, 3.63) is 29.8 Å². The Hall–Kier alpha value is -1.23. The fraction of sp³-hybridized carbons (Fsp3) is 0.500. The number of ether oxygens (including phenoxy) is 1. The number of hydrogen-bond donors (Lipinski definition) is 1. The summed E-state index contributed by atoms with van der Waals surface area (Å²) in [6.07, 6.45) is -2.58. The van der Waals surface area contributed by atoms with Gasteiger partial charge in [0.1, 0.15) is 11.8 Å². The van der Waals surface area contributed by atoms with Crippen molar-refractivity contribution < 1.29 is 17.9 Å². The van der Waals surface area contributed by atoms with Crippen molar-refractivity contribution >= 4 is 0 Å². The summed E-state index contributed by atoms with van der Waals surface area (Å²) in [5.41, 5.74) is 5.14. The second-order valence-electron chi connectivity index (χ2n) is 3.79. The van der Waals surface area contributed by atoms with Crippen LogP contribution in [-0.4, -0.2) is 12.8 Å². The molecule has 0 radical (unpaired) electrons. The first-order chi connectivity index (χ1) is 7.95. The van der Waals surface area contributed by atoms with Crippen molar-refractivity contribution in [2.45, 2.75) is 32.0 Å².